The summed E-state index contributed by atoms with van der Waals surface area (Å²) in [6.07, 6.45) is 9.38. The number of rotatable bonds is 7. The van der Waals surface area contributed by atoms with Crippen molar-refractivity contribution in [1.29, 1.82) is 0 Å². The molecule has 20 heavy (non-hydrogen) atoms. The molecule has 1 saturated carbocycles. The summed E-state index contributed by atoms with van der Waals surface area (Å²) < 4.78 is 0. The first-order valence-corrected chi connectivity index (χ1v) is 8.71. The van der Waals surface area contributed by atoms with Gasteiger partial charge in [-0.15, -0.1) is 0 Å². The Morgan fingerprint density at radius 2 is 1.95 bits per heavy atom. The maximum Gasteiger partial charge on any atom is 0.0586 e. The van der Waals surface area contributed by atoms with E-state index in [4.69, 9.17) is 0 Å². The fourth-order valence-electron chi connectivity index (χ4n) is 4.06. The quantitative estimate of drug-likeness (QED) is 0.753. The summed E-state index contributed by atoms with van der Waals surface area (Å²) in [5.41, 5.74) is 0.463. The summed E-state index contributed by atoms with van der Waals surface area (Å²) in [4.78, 5) is 2.57. The number of likely N-dealkylation sites (tertiary alicyclic amines) is 1. The Morgan fingerprint density at radius 1 is 1.20 bits per heavy atom. The van der Waals surface area contributed by atoms with Gasteiger partial charge in [-0.1, -0.05) is 33.1 Å². The SMILES string of the molecule is CC(C)CNCC1(CN2CCCC2CO)CCCCC1. The Balaban J connectivity index is 1.91. The van der Waals surface area contributed by atoms with E-state index in [1.807, 2.05) is 0 Å². The van der Waals surface area contributed by atoms with Gasteiger partial charge < -0.3 is 10.4 Å². The Kier molecular flexibility index (Phi) is 6.31. The topological polar surface area (TPSA) is 35.5 Å². The number of nitrogens with one attached hydrogen (secondary N) is 1. The highest BCUT2D eigenvalue weighted by molar-refractivity contribution is 4.91. The van der Waals surface area contributed by atoms with Crippen LogP contribution in [0.15, 0.2) is 0 Å². The molecule has 118 valence electrons. The second kappa shape index (κ2) is 7.77. The van der Waals surface area contributed by atoms with E-state index in [9.17, 15) is 5.11 Å². The van der Waals surface area contributed by atoms with Crippen molar-refractivity contribution in [3.63, 3.8) is 0 Å². The lowest BCUT2D eigenvalue weighted by atomic mass is 9.73. The number of aliphatic hydroxyl groups excluding tert-OH is 1. The van der Waals surface area contributed by atoms with Gasteiger partial charge in [0.2, 0.25) is 0 Å². The molecule has 0 aromatic carbocycles. The van der Waals surface area contributed by atoms with Gasteiger partial charge >= 0.3 is 0 Å². The van der Waals surface area contributed by atoms with E-state index in [-0.39, 0.29) is 0 Å². The molecular formula is C17H34N2O. The van der Waals surface area contributed by atoms with Gasteiger partial charge in [0.1, 0.15) is 0 Å². The van der Waals surface area contributed by atoms with E-state index in [0.29, 0.717) is 18.1 Å². The van der Waals surface area contributed by atoms with Crippen molar-refractivity contribution >= 4 is 0 Å². The van der Waals surface area contributed by atoms with Crippen LogP contribution in [0.25, 0.3) is 0 Å². The standard InChI is InChI=1S/C17H34N2O/c1-15(2)11-18-13-17(8-4-3-5-9-17)14-19-10-6-7-16(19)12-20/h15-16,18,20H,3-14H2,1-2H3. The summed E-state index contributed by atoms with van der Waals surface area (Å²) in [6, 6.07) is 0.430. The van der Waals surface area contributed by atoms with Crippen LogP contribution in [0.1, 0.15) is 58.8 Å². The molecular weight excluding hydrogens is 248 g/mol. The third kappa shape index (κ3) is 4.44. The van der Waals surface area contributed by atoms with Crippen molar-refractivity contribution in [3.8, 4) is 0 Å². The minimum atomic E-state index is 0.343. The van der Waals surface area contributed by atoms with Gasteiger partial charge in [-0.3, -0.25) is 4.90 Å². The van der Waals surface area contributed by atoms with Gasteiger partial charge in [0.15, 0.2) is 0 Å². The molecule has 2 N–H and O–H groups in total. The molecule has 0 aromatic rings. The molecule has 1 unspecified atom stereocenters. The van der Waals surface area contributed by atoms with Crippen molar-refractivity contribution < 1.29 is 5.11 Å². The van der Waals surface area contributed by atoms with E-state index in [0.717, 1.165) is 12.5 Å². The Labute approximate surface area is 125 Å². The summed E-state index contributed by atoms with van der Waals surface area (Å²) >= 11 is 0. The van der Waals surface area contributed by atoms with Crippen LogP contribution in [0.3, 0.4) is 0 Å². The van der Waals surface area contributed by atoms with Gasteiger partial charge in [-0.05, 0) is 50.1 Å². The fraction of sp³-hybridized carbons (Fsp3) is 1.00. The third-order valence-corrected chi connectivity index (χ3v) is 5.22. The summed E-state index contributed by atoms with van der Waals surface area (Å²) in [5.74, 6) is 0.729. The molecule has 2 aliphatic rings. The molecule has 0 radical (unpaired) electrons. The lowest BCUT2D eigenvalue weighted by Gasteiger charge is -2.42. The molecule has 2 fully saturated rings. The van der Waals surface area contributed by atoms with Gasteiger partial charge in [0.05, 0.1) is 6.61 Å². The van der Waals surface area contributed by atoms with Crippen molar-refractivity contribution in [2.45, 2.75) is 64.8 Å². The zero-order valence-corrected chi connectivity index (χ0v) is 13.5. The molecule has 3 heteroatoms. The first kappa shape index (κ1) is 16.3. The number of hydrogen-bond acceptors (Lipinski definition) is 3. The molecule has 0 spiro atoms. The van der Waals surface area contributed by atoms with Crippen molar-refractivity contribution in [3.05, 3.63) is 0 Å². The van der Waals surface area contributed by atoms with Crippen LogP contribution < -0.4 is 5.32 Å². The van der Waals surface area contributed by atoms with Gasteiger partial charge in [-0.25, -0.2) is 0 Å². The molecule has 1 atom stereocenters. The average Bonchev–Trinajstić information content (AvgIpc) is 2.86. The van der Waals surface area contributed by atoms with Crippen LogP contribution in [0.5, 0.6) is 0 Å². The molecule has 0 aromatic heterocycles. The number of hydrogen-bond donors (Lipinski definition) is 2. The van der Waals surface area contributed by atoms with Gasteiger partial charge in [0.25, 0.3) is 0 Å². The molecule has 1 aliphatic carbocycles. The van der Waals surface area contributed by atoms with E-state index in [1.165, 1.54) is 64.6 Å². The first-order chi connectivity index (χ1) is 9.65. The van der Waals surface area contributed by atoms with Crippen LogP contribution in [-0.2, 0) is 0 Å². The van der Waals surface area contributed by atoms with E-state index >= 15 is 0 Å². The smallest absolute Gasteiger partial charge is 0.0586 e. The van der Waals surface area contributed by atoms with E-state index < -0.39 is 0 Å². The number of nitrogens with zero attached hydrogens (tertiary/aromatic N) is 1. The van der Waals surface area contributed by atoms with Crippen LogP contribution in [0.4, 0.5) is 0 Å². The second-order valence-corrected chi connectivity index (χ2v) is 7.53. The Bertz CT molecular complexity index is 274. The number of aliphatic hydroxyl groups is 1. The maximum absolute atomic E-state index is 9.54. The zero-order chi connectivity index (χ0) is 14.4. The summed E-state index contributed by atoms with van der Waals surface area (Å²) in [5, 5.41) is 13.3. The lowest BCUT2D eigenvalue weighted by Crippen LogP contribution is -2.48. The fourth-order valence-corrected chi connectivity index (χ4v) is 4.06. The van der Waals surface area contributed by atoms with Crippen molar-refractivity contribution in [1.82, 2.24) is 10.2 Å². The third-order valence-electron chi connectivity index (χ3n) is 5.22. The predicted octanol–water partition coefficient (Wildman–Crippen LogP) is 2.64. The van der Waals surface area contributed by atoms with Crippen LogP contribution in [-0.4, -0.2) is 48.8 Å². The van der Waals surface area contributed by atoms with Crippen LogP contribution in [0, 0.1) is 11.3 Å². The van der Waals surface area contributed by atoms with E-state index in [1.54, 1.807) is 0 Å². The zero-order valence-electron chi connectivity index (χ0n) is 13.5. The van der Waals surface area contributed by atoms with E-state index in [2.05, 4.69) is 24.1 Å². The average molecular weight is 282 g/mol. The molecule has 1 heterocycles. The Morgan fingerprint density at radius 3 is 2.60 bits per heavy atom. The minimum Gasteiger partial charge on any atom is -0.395 e. The molecule has 0 bridgehead atoms. The second-order valence-electron chi connectivity index (χ2n) is 7.53. The maximum atomic E-state index is 9.54. The van der Waals surface area contributed by atoms with Gasteiger partial charge in [-0.2, -0.15) is 0 Å². The first-order valence-electron chi connectivity index (χ1n) is 8.71. The summed E-state index contributed by atoms with van der Waals surface area (Å²) in [6.45, 7) is 9.59. The van der Waals surface area contributed by atoms with Gasteiger partial charge in [0, 0.05) is 19.1 Å². The molecule has 1 saturated heterocycles. The predicted molar refractivity (Wildman–Crippen MR) is 84.9 cm³/mol. The lowest BCUT2D eigenvalue weighted by molar-refractivity contribution is 0.0734. The monoisotopic (exact) mass is 282 g/mol. The highest BCUT2D eigenvalue weighted by atomic mass is 16.3. The highest BCUT2D eigenvalue weighted by Gasteiger charge is 2.36. The van der Waals surface area contributed by atoms with Crippen molar-refractivity contribution in [2.24, 2.45) is 11.3 Å². The molecule has 1 aliphatic heterocycles. The largest absolute Gasteiger partial charge is 0.395 e. The molecule has 0 amide bonds. The molecule has 2 rings (SSSR count). The van der Waals surface area contributed by atoms with Crippen LogP contribution >= 0.6 is 0 Å². The normalized spacial score (nSPS) is 27.3. The highest BCUT2D eigenvalue weighted by Crippen LogP contribution is 2.38. The minimum absolute atomic E-state index is 0.343. The molecule has 3 nitrogen and oxygen atoms in total. The van der Waals surface area contributed by atoms with Crippen molar-refractivity contribution in [2.75, 3.05) is 32.8 Å². The van der Waals surface area contributed by atoms with Crippen LogP contribution in [0.2, 0.25) is 0 Å². The Hall–Kier alpha value is -0.120. The summed E-state index contributed by atoms with van der Waals surface area (Å²) in [7, 11) is 0.